The number of rotatable bonds is 4. The molecule has 0 aliphatic rings. The van der Waals surface area contributed by atoms with Gasteiger partial charge in [-0.25, -0.2) is 0 Å². The molecule has 74 valence electrons. The molecule has 0 saturated heterocycles. The molecule has 1 aromatic rings. The van der Waals surface area contributed by atoms with Gasteiger partial charge in [0.05, 0.1) is 0 Å². The van der Waals surface area contributed by atoms with Gasteiger partial charge in [-0.3, -0.25) is 0 Å². The molecule has 1 unspecified atom stereocenters. The van der Waals surface area contributed by atoms with E-state index in [2.05, 4.69) is 35.5 Å². The average Bonchev–Trinajstić information content (AvgIpc) is 2.48. The smallest absolute Gasteiger partial charge is 0.132 e. The van der Waals surface area contributed by atoms with Crippen LogP contribution in [-0.2, 0) is 13.0 Å². The van der Waals surface area contributed by atoms with Crippen LogP contribution >= 0.6 is 0 Å². The van der Waals surface area contributed by atoms with Gasteiger partial charge in [0.1, 0.15) is 11.6 Å². The van der Waals surface area contributed by atoms with E-state index in [1.165, 1.54) is 6.42 Å². The normalized spacial score (nSPS) is 13.2. The van der Waals surface area contributed by atoms with Crippen molar-refractivity contribution in [2.45, 2.75) is 47.1 Å². The summed E-state index contributed by atoms with van der Waals surface area (Å²) in [6.45, 7) is 9.68. The number of hydrogen-bond acceptors (Lipinski definition) is 2. The summed E-state index contributed by atoms with van der Waals surface area (Å²) in [7, 11) is 0. The number of nitrogens with zero attached hydrogens (tertiary/aromatic N) is 3. The van der Waals surface area contributed by atoms with Gasteiger partial charge in [0.15, 0.2) is 0 Å². The van der Waals surface area contributed by atoms with E-state index in [0.29, 0.717) is 5.92 Å². The molecule has 0 spiro atoms. The van der Waals surface area contributed by atoms with Crippen molar-refractivity contribution in [2.75, 3.05) is 0 Å². The summed E-state index contributed by atoms with van der Waals surface area (Å²) in [6.07, 6.45) is 2.18. The summed E-state index contributed by atoms with van der Waals surface area (Å²) in [4.78, 5) is 0. The van der Waals surface area contributed by atoms with Gasteiger partial charge < -0.3 is 4.57 Å². The van der Waals surface area contributed by atoms with Gasteiger partial charge in [0.2, 0.25) is 0 Å². The van der Waals surface area contributed by atoms with Crippen LogP contribution in [0.5, 0.6) is 0 Å². The van der Waals surface area contributed by atoms with Gasteiger partial charge >= 0.3 is 0 Å². The fraction of sp³-hybridized carbons (Fsp3) is 0.800. The molecule has 13 heavy (non-hydrogen) atoms. The minimum absolute atomic E-state index is 0.708. The molecule has 0 aromatic carbocycles. The average molecular weight is 181 g/mol. The molecule has 3 heteroatoms. The number of hydrogen-bond donors (Lipinski definition) is 0. The zero-order chi connectivity index (χ0) is 9.84. The first-order valence-electron chi connectivity index (χ1n) is 5.07. The van der Waals surface area contributed by atoms with E-state index in [9.17, 15) is 0 Å². The standard InChI is InChI=1S/C10H19N3/c1-5-8(3)7-13-9(4)11-12-10(13)6-2/h8H,5-7H2,1-4H3. The van der Waals surface area contributed by atoms with Crippen molar-refractivity contribution in [2.24, 2.45) is 5.92 Å². The minimum atomic E-state index is 0.708. The van der Waals surface area contributed by atoms with Crippen molar-refractivity contribution in [3.05, 3.63) is 11.6 Å². The van der Waals surface area contributed by atoms with Crippen molar-refractivity contribution in [1.82, 2.24) is 14.8 Å². The zero-order valence-electron chi connectivity index (χ0n) is 9.04. The van der Waals surface area contributed by atoms with E-state index in [1.807, 2.05) is 6.92 Å². The molecule has 1 aromatic heterocycles. The Morgan fingerprint density at radius 2 is 2.00 bits per heavy atom. The van der Waals surface area contributed by atoms with Crippen LogP contribution in [0.4, 0.5) is 0 Å². The second-order valence-electron chi connectivity index (χ2n) is 3.64. The fourth-order valence-corrected chi connectivity index (χ4v) is 1.36. The number of aromatic nitrogens is 3. The molecule has 1 heterocycles. The van der Waals surface area contributed by atoms with Crippen LogP contribution in [-0.4, -0.2) is 14.8 Å². The molecule has 0 aliphatic carbocycles. The summed E-state index contributed by atoms with van der Waals surface area (Å²) in [5, 5.41) is 8.22. The Hall–Kier alpha value is -0.860. The lowest BCUT2D eigenvalue weighted by Gasteiger charge is -2.12. The largest absolute Gasteiger partial charge is 0.315 e. The Labute approximate surface area is 80.2 Å². The lowest BCUT2D eigenvalue weighted by Crippen LogP contribution is -2.11. The Bertz CT molecular complexity index is 265. The van der Waals surface area contributed by atoms with E-state index in [-0.39, 0.29) is 0 Å². The summed E-state index contributed by atoms with van der Waals surface area (Å²) in [5.74, 6) is 2.86. The van der Waals surface area contributed by atoms with Crippen LogP contribution < -0.4 is 0 Å². The summed E-state index contributed by atoms with van der Waals surface area (Å²) >= 11 is 0. The topological polar surface area (TPSA) is 30.7 Å². The van der Waals surface area contributed by atoms with Gasteiger partial charge in [-0.1, -0.05) is 27.2 Å². The molecule has 0 radical (unpaired) electrons. The van der Waals surface area contributed by atoms with Gasteiger partial charge in [-0.15, -0.1) is 10.2 Å². The lowest BCUT2D eigenvalue weighted by atomic mass is 10.1. The molecule has 3 nitrogen and oxygen atoms in total. The van der Waals surface area contributed by atoms with Gasteiger partial charge in [-0.2, -0.15) is 0 Å². The number of aryl methyl sites for hydroxylation is 2. The van der Waals surface area contributed by atoms with Crippen LogP contribution in [0.3, 0.4) is 0 Å². The molecular formula is C10H19N3. The van der Waals surface area contributed by atoms with E-state index in [1.54, 1.807) is 0 Å². The first-order chi connectivity index (χ1) is 6.19. The highest BCUT2D eigenvalue weighted by Crippen LogP contribution is 2.09. The van der Waals surface area contributed by atoms with Crippen molar-refractivity contribution >= 4 is 0 Å². The lowest BCUT2D eigenvalue weighted by molar-refractivity contribution is 0.452. The monoisotopic (exact) mass is 181 g/mol. The molecule has 0 bridgehead atoms. The van der Waals surface area contributed by atoms with E-state index in [0.717, 1.165) is 24.6 Å². The Morgan fingerprint density at radius 1 is 1.31 bits per heavy atom. The predicted molar refractivity (Wildman–Crippen MR) is 53.6 cm³/mol. The quantitative estimate of drug-likeness (QED) is 0.713. The van der Waals surface area contributed by atoms with Gasteiger partial charge in [0, 0.05) is 13.0 Å². The third kappa shape index (κ3) is 2.29. The van der Waals surface area contributed by atoms with Crippen LogP contribution in [0.15, 0.2) is 0 Å². The van der Waals surface area contributed by atoms with Crippen LogP contribution in [0.25, 0.3) is 0 Å². The molecule has 1 atom stereocenters. The maximum absolute atomic E-state index is 4.13. The first-order valence-corrected chi connectivity index (χ1v) is 5.07. The molecular weight excluding hydrogens is 162 g/mol. The maximum atomic E-state index is 4.13. The highest BCUT2D eigenvalue weighted by molar-refractivity contribution is 4.93. The third-order valence-electron chi connectivity index (χ3n) is 2.52. The maximum Gasteiger partial charge on any atom is 0.132 e. The Balaban J connectivity index is 2.79. The van der Waals surface area contributed by atoms with Crippen molar-refractivity contribution in [1.29, 1.82) is 0 Å². The van der Waals surface area contributed by atoms with Gasteiger partial charge in [0.25, 0.3) is 0 Å². The minimum Gasteiger partial charge on any atom is -0.315 e. The Morgan fingerprint density at radius 3 is 2.54 bits per heavy atom. The fourth-order valence-electron chi connectivity index (χ4n) is 1.36. The molecule has 0 saturated carbocycles. The second-order valence-corrected chi connectivity index (χ2v) is 3.64. The first kappa shape index (κ1) is 10.2. The van der Waals surface area contributed by atoms with Crippen molar-refractivity contribution in [3.8, 4) is 0 Å². The third-order valence-corrected chi connectivity index (χ3v) is 2.52. The van der Waals surface area contributed by atoms with E-state index < -0.39 is 0 Å². The summed E-state index contributed by atoms with van der Waals surface area (Å²) in [6, 6.07) is 0. The van der Waals surface area contributed by atoms with Crippen molar-refractivity contribution < 1.29 is 0 Å². The molecule has 0 fully saturated rings. The van der Waals surface area contributed by atoms with Crippen LogP contribution in [0.2, 0.25) is 0 Å². The van der Waals surface area contributed by atoms with Gasteiger partial charge in [-0.05, 0) is 12.8 Å². The van der Waals surface area contributed by atoms with Crippen LogP contribution in [0, 0.1) is 12.8 Å². The summed E-state index contributed by atoms with van der Waals surface area (Å²) < 4.78 is 2.23. The van der Waals surface area contributed by atoms with E-state index >= 15 is 0 Å². The summed E-state index contributed by atoms with van der Waals surface area (Å²) in [5.41, 5.74) is 0. The molecule has 0 aliphatic heterocycles. The Kier molecular flexibility index (Phi) is 3.46. The second kappa shape index (κ2) is 4.40. The van der Waals surface area contributed by atoms with E-state index in [4.69, 9.17) is 0 Å². The molecule has 0 amide bonds. The zero-order valence-corrected chi connectivity index (χ0v) is 9.04. The molecule has 1 rings (SSSR count). The highest BCUT2D eigenvalue weighted by Gasteiger charge is 2.08. The van der Waals surface area contributed by atoms with Crippen LogP contribution in [0.1, 0.15) is 38.8 Å². The predicted octanol–water partition coefficient (Wildman–Crippen LogP) is 2.20. The highest BCUT2D eigenvalue weighted by atomic mass is 15.3. The molecule has 0 N–H and O–H groups in total. The van der Waals surface area contributed by atoms with Crippen molar-refractivity contribution in [3.63, 3.8) is 0 Å². The SMILES string of the molecule is CCc1nnc(C)n1CC(C)CC.